The Morgan fingerprint density at radius 1 is 0.917 bits per heavy atom. The molecule has 0 aliphatic carbocycles. The molecule has 5 aromatic rings. The number of nitrogens with zero attached hydrogens (tertiary/aromatic N) is 6. The summed E-state index contributed by atoms with van der Waals surface area (Å²) in [7, 11) is 0. The van der Waals surface area contributed by atoms with E-state index >= 15 is 0 Å². The summed E-state index contributed by atoms with van der Waals surface area (Å²) < 4.78 is 1.70. The van der Waals surface area contributed by atoms with Crippen LogP contribution in [0.25, 0.3) is 22.5 Å². The number of carbonyl (C=O) groups excluding carboxylic acids is 1. The number of ketones is 1. The zero-order chi connectivity index (χ0) is 24.7. The number of carbonyl (C=O) groups is 1. The highest BCUT2D eigenvalue weighted by molar-refractivity contribution is 5.94. The lowest BCUT2D eigenvalue weighted by molar-refractivity contribution is 0.0983. The molecule has 0 spiro atoms. The maximum Gasteiger partial charge on any atom is 0.218 e. The topological polar surface area (TPSA) is 102 Å². The normalized spacial score (nSPS) is 10.6. The van der Waals surface area contributed by atoms with Crippen molar-refractivity contribution in [1.29, 1.82) is 0 Å². The maximum absolute atomic E-state index is 12.8. The summed E-state index contributed by atoms with van der Waals surface area (Å²) in [5.74, 6) is 7.17. The molecular weight excluding hydrogens is 450 g/mol. The van der Waals surface area contributed by atoms with Gasteiger partial charge in [0.2, 0.25) is 23.3 Å². The molecular formula is C28H23N7O. The van der Waals surface area contributed by atoms with E-state index in [0.29, 0.717) is 24.6 Å². The fraction of sp³-hybridized carbons (Fsp3) is 0.143. The van der Waals surface area contributed by atoms with E-state index < -0.39 is 0 Å². The lowest BCUT2D eigenvalue weighted by Gasteiger charge is -2.08. The number of nitrogens with one attached hydrogen (secondary N) is 1. The minimum atomic E-state index is -0.132. The minimum absolute atomic E-state index is 0.132. The molecule has 3 aromatic carbocycles. The first kappa shape index (κ1) is 22.9. The van der Waals surface area contributed by atoms with E-state index in [1.54, 1.807) is 4.68 Å². The summed E-state index contributed by atoms with van der Waals surface area (Å²) in [6, 6.07) is 25.7. The highest BCUT2D eigenvalue weighted by atomic mass is 16.1. The molecule has 0 bridgehead atoms. The summed E-state index contributed by atoms with van der Waals surface area (Å²) in [6.45, 7) is 2.42. The first-order valence-electron chi connectivity index (χ1n) is 11.6. The minimum Gasteiger partial charge on any atom is -0.290 e. The number of rotatable bonds is 7. The van der Waals surface area contributed by atoms with Crippen molar-refractivity contribution in [3.63, 3.8) is 0 Å². The van der Waals surface area contributed by atoms with Gasteiger partial charge in [-0.1, -0.05) is 91.7 Å². The molecule has 0 radical (unpaired) electrons. The second kappa shape index (κ2) is 10.6. The van der Waals surface area contributed by atoms with Gasteiger partial charge >= 0.3 is 0 Å². The Kier molecular flexibility index (Phi) is 6.72. The van der Waals surface area contributed by atoms with Crippen LogP contribution < -0.4 is 0 Å². The third kappa shape index (κ3) is 5.10. The Hall–Kier alpha value is -4.90. The van der Waals surface area contributed by atoms with Crippen molar-refractivity contribution in [2.75, 3.05) is 0 Å². The Balaban J connectivity index is 1.39. The molecule has 176 valence electrons. The van der Waals surface area contributed by atoms with E-state index in [-0.39, 0.29) is 18.0 Å². The predicted octanol–water partition coefficient (Wildman–Crippen LogP) is 4.36. The van der Waals surface area contributed by atoms with Gasteiger partial charge in [0.15, 0.2) is 0 Å². The van der Waals surface area contributed by atoms with Crippen LogP contribution in [-0.4, -0.2) is 41.2 Å². The van der Waals surface area contributed by atoms with Crippen molar-refractivity contribution in [3.05, 3.63) is 102 Å². The third-order valence-corrected chi connectivity index (χ3v) is 5.62. The van der Waals surface area contributed by atoms with E-state index in [0.717, 1.165) is 27.8 Å². The molecule has 0 aliphatic heterocycles. The lowest BCUT2D eigenvalue weighted by Crippen LogP contribution is -2.08. The van der Waals surface area contributed by atoms with Crippen LogP contribution >= 0.6 is 0 Å². The average molecular weight is 474 g/mol. The summed E-state index contributed by atoms with van der Waals surface area (Å²) in [5.41, 5.74) is 4.88. The van der Waals surface area contributed by atoms with E-state index in [2.05, 4.69) is 42.5 Å². The first-order valence-corrected chi connectivity index (χ1v) is 11.6. The molecule has 1 N–H and O–H groups in total. The zero-order valence-electron chi connectivity index (χ0n) is 19.7. The van der Waals surface area contributed by atoms with E-state index in [1.165, 1.54) is 0 Å². The maximum atomic E-state index is 12.8. The van der Waals surface area contributed by atoms with E-state index in [1.807, 2.05) is 85.8 Å². The number of benzene rings is 3. The van der Waals surface area contributed by atoms with Gasteiger partial charge in [-0.25, -0.2) is 4.68 Å². The largest absolute Gasteiger partial charge is 0.290 e. The fourth-order valence-electron chi connectivity index (χ4n) is 3.86. The number of Topliss-reactive ketones (excluding diaryl/α,β-unsaturated/α-hetero) is 1. The van der Waals surface area contributed by atoms with Crippen molar-refractivity contribution in [2.24, 2.45) is 0 Å². The molecule has 0 fully saturated rings. The SMILES string of the molecule is CCC#Cc1nc(C(=O)Cc2ccccc2)nn1Cc1ccc(-c2ccccc2-c2nn[nH]n2)cc1. The second-order valence-corrected chi connectivity index (χ2v) is 8.14. The van der Waals surface area contributed by atoms with Gasteiger partial charge < -0.3 is 0 Å². The van der Waals surface area contributed by atoms with Crippen molar-refractivity contribution in [1.82, 2.24) is 35.4 Å². The zero-order valence-corrected chi connectivity index (χ0v) is 19.7. The molecule has 36 heavy (non-hydrogen) atoms. The lowest BCUT2D eigenvalue weighted by atomic mass is 9.98. The van der Waals surface area contributed by atoms with Gasteiger partial charge in [-0.05, 0) is 33.4 Å². The summed E-state index contributed by atoms with van der Waals surface area (Å²) in [6.07, 6.45) is 0.939. The van der Waals surface area contributed by atoms with Crippen LogP contribution in [0.4, 0.5) is 0 Å². The fourth-order valence-corrected chi connectivity index (χ4v) is 3.86. The van der Waals surface area contributed by atoms with E-state index in [9.17, 15) is 4.79 Å². The Bertz CT molecular complexity index is 1530. The van der Waals surface area contributed by atoms with Crippen LogP contribution in [0.3, 0.4) is 0 Å². The van der Waals surface area contributed by atoms with Crippen LogP contribution in [0.5, 0.6) is 0 Å². The van der Waals surface area contributed by atoms with Gasteiger partial charge in [-0.3, -0.25) is 4.79 Å². The van der Waals surface area contributed by atoms with Crippen molar-refractivity contribution in [2.45, 2.75) is 26.3 Å². The first-order chi connectivity index (χ1) is 17.7. The van der Waals surface area contributed by atoms with Gasteiger partial charge in [0.25, 0.3) is 0 Å². The average Bonchev–Trinajstić information content (AvgIpc) is 3.59. The summed E-state index contributed by atoms with van der Waals surface area (Å²) >= 11 is 0. The molecule has 2 heterocycles. The molecule has 0 aliphatic rings. The van der Waals surface area contributed by atoms with Crippen LogP contribution in [-0.2, 0) is 13.0 Å². The molecule has 5 rings (SSSR count). The van der Waals surface area contributed by atoms with Gasteiger partial charge in [0, 0.05) is 18.4 Å². The quantitative estimate of drug-likeness (QED) is 0.278. The highest BCUT2D eigenvalue weighted by Gasteiger charge is 2.17. The Morgan fingerprint density at radius 2 is 1.67 bits per heavy atom. The third-order valence-electron chi connectivity index (χ3n) is 5.62. The Morgan fingerprint density at radius 3 is 2.39 bits per heavy atom. The standard InChI is InChI=1S/C28H23N7O/c1-2-3-13-26-29-28(25(36)18-20-9-5-4-6-10-20)32-35(26)19-21-14-16-22(17-15-21)23-11-7-8-12-24(23)27-30-33-34-31-27/h4-12,14-17H,2,18-19H2,1H3,(H,30,31,33,34). The molecule has 2 aromatic heterocycles. The number of aromatic nitrogens is 7. The van der Waals surface area contributed by atoms with Crippen LogP contribution in [0.1, 0.15) is 40.9 Å². The molecule has 8 nitrogen and oxygen atoms in total. The molecule has 0 atom stereocenters. The molecule has 0 saturated carbocycles. The van der Waals surface area contributed by atoms with Crippen molar-refractivity contribution >= 4 is 5.78 Å². The van der Waals surface area contributed by atoms with Gasteiger partial charge in [0.1, 0.15) is 0 Å². The van der Waals surface area contributed by atoms with Crippen LogP contribution in [0, 0.1) is 11.8 Å². The van der Waals surface area contributed by atoms with Gasteiger partial charge in [0.05, 0.1) is 6.54 Å². The van der Waals surface area contributed by atoms with Crippen molar-refractivity contribution in [3.8, 4) is 34.4 Å². The van der Waals surface area contributed by atoms with Gasteiger partial charge in [-0.2, -0.15) is 10.2 Å². The van der Waals surface area contributed by atoms with Crippen molar-refractivity contribution < 1.29 is 4.79 Å². The smallest absolute Gasteiger partial charge is 0.218 e. The summed E-state index contributed by atoms with van der Waals surface area (Å²) in [5, 5.41) is 18.9. The number of hydrogen-bond acceptors (Lipinski definition) is 6. The number of hydrogen-bond donors (Lipinski definition) is 1. The number of aromatic amines is 1. The van der Waals surface area contributed by atoms with Gasteiger partial charge in [-0.15, -0.1) is 15.3 Å². The molecule has 8 heteroatoms. The molecule has 0 saturated heterocycles. The molecule has 0 unspecified atom stereocenters. The number of H-pyrrole nitrogens is 1. The predicted molar refractivity (Wildman–Crippen MR) is 136 cm³/mol. The highest BCUT2D eigenvalue weighted by Crippen LogP contribution is 2.29. The second-order valence-electron chi connectivity index (χ2n) is 8.14. The van der Waals surface area contributed by atoms with E-state index in [4.69, 9.17) is 0 Å². The molecule has 0 amide bonds. The summed E-state index contributed by atoms with van der Waals surface area (Å²) in [4.78, 5) is 17.3. The Labute approximate surface area is 208 Å². The monoisotopic (exact) mass is 473 g/mol. The number of tetrazole rings is 1. The van der Waals surface area contributed by atoms with Crippen LogP contribution in [0.2, 0.25) is 0 Å². The van der Waals surface area contributed by atoms with Crippen LogP contribution in [0.15, 0.2) is 78.9 Å².